The standard InChI is InChI=1S/C11H22N2O/c1-5-12-9-6-7-13(10(9)14)8-11(2,3)4/h9,12H,5-8H2,1-4H3. The Labute approximate surface area is 86.9 Å². The van der Waals surface area contributed by atoms with Crippen molar-refractivity contribution in [3.63, 3.8) is 0 Å². The van der Waals surface area contributed by atoms with Gasteiger partial charge < -0.3 is 10.2 Å². The highest BCUT2D eigenvalue weighted by molar-refractivity contribution is 5.84. The summed E-state index contributed by atoms with van der Waals surface area (Å²) in [6.45, 7) is 11.2. The summed E-state index contributed by atoms with van der Waals surface area (Å²) in [6.07, 6.45) is 0.961. The number of carbonyl (C=O) groups is 1. The number of hydrogen-bond donors (Lipinski definition) is 1. The van der Waals surface area contributed by atoms with Crippen molar-refractivity contribution in [3.8, 4) is 0 Å². The number of nitrogens with one attached hydrogen (secondary N) is 1. The summed E-state index contributed by atoms with van der Waals surface area (Å²) >= 11 is 0. The van der Waals surface area contributed by atoms with E-state index < -0.39 is 0 Å². The fourth-order valence-corrected chi connectivity index (χ4v) is 1.90. The van der Waals surface area contributed by atoms with E-state index in [1.165, 1.54) is 0 Å². The molecular formula is C11H22N2O. The third-order valence-electron chi connectivity index (χ3n) is 2.41. The first-order valence-corrected chi connectivity index (χ1v) is 5.46. The highest BCUT2D eigenvalue weighted by Gasteiger charge is 2.32. The summed E-state index contributed by atoms with van der Waals surface area (Å²) in [5.74, 6) is 0.279. The van der Waals surface area contributed by atoms with Gasteiger partial charge in [-0.05, 0) is 18.4 Å². The molecule has 0 saturated carbocycles. The van der Waals surface area contributed by atoms with Gasteiger partial charge in [0.05, 0.1) is 6.04 Å². The van der Waals surface area contributed by atoms with Crippen LogP contribution in [0, 0.1) is 5.41 Å². The van der Waals surface area contributed by atoms with Gasteiger partial charge in [0.1, 0.15) is 0 Å². The maximum atomic E-state index is 11.8. The summed E-state index contributed by atoms with van der Waals surface area (Å²) < 4.78 is 0. The molecule has 0 aliphatic carbocycles. The fourth-order valence-electron chi connectivity index (χ4n) is 1.90. The minimum Gasteiger partial charge on any atom is -0.341 e. The molecule has 0 aromatic heterocycles. The maximum absolute atomic E-state index is 11.8. The molecule has 0 radical (unpaired) electrons. The lowest BCUT2D eigenvalue weighted by Crippen LogP contribution is -2.41. The van der Waals surface area contributed by atoms with Crippen LogP contribution in [0.25, 0.3) is 0 Å². The maximum Gasteiger partial charge on any atom is 0.239 e. The molecule has 3 heteroatoms. The van der Waals surface area contributed by atoms with E-state index >= 15 is 0 Å². The second kappa shape index (κ2) is 4.30. The molecule has 1 saturated heterocycles. The quantitative estimate of drug-likeness (QED) is 0.740. The zero-order chi connectivity index (χ0) is 10.8. The molecule has 1 aliphatic rings. The molecule has 1 aliphatic heterocycles. The van der Waals surface area contributed by atoms with Crippen molar-refractivity contribution in [3.05, 3.63) is 0 Å². The lowest BCUT2D eigenvalue weighted by atomic mass is 9.96. The second-order valence-electron chi connectivity index (χ2n) is 5.22. The van der Waals surface area contributed by atoms with E-state index in [0.717, 1.165) is 26.1 Å². The molecule has 0 aromatic carbocycles. The molecule has 1 rings (SSSR count). The Bertz CT molecular complexity index is 208. The van der Waals surface area contributed by atoms with Crippen LogP contribution in [0.2, 0.25) is 0 Å². The largest absolute Gasteiger partial charge is 0.341 e. The number of rotatable bonds is 3. The Morgan fingerprint density at radius 2 is 2.14 bits per heavy atom. The number of likely N-dealkylation sites (N-methyl/N-ethyl adjacent to an activating group) is 1. The van der Waals surface area contributed by atoms with Crippen LogP contribution in [0.3, 0.4) is 0 Å². The number of likely N-dealkylation sites (tertiary alicyclic amines) is 1. The van der Waals surface area contributed by atoms with Crippen molar-refractivity contribution >= 4 is 5.91 Å². The SMILES string of the molecule is CCNC1CCN(CC(C)(C)C)C1=O. The highest BCUT2D eigenvalue weighted by atomic mass is 16.2. The minimum absolute atomic E-state index is 0.0716. The van der Waals surface area contributed by atoms with Crippen molar-refractivity contribution in [1.82, 2.24) is 10.2 Å². The summed E-state index contributed by atoms with van der Waals surface area (Å²) in [7, 11) is 0. The van der Waals surface area contributed by atoms with Gasteiger partial charge >= 0.3 is 0 Å². The average molecular weight is 198 g/mol. The molecule has 82 valence electrons. The van der Waals surface area contributed by atoms with Gasteiger partial charge in [-0.3, -0.25) is 4.79 Å². The summed E-state index contributed by atoms with van der Waals surface area (Å²) in [6, 6.07) is 0.0716. The fraction of sp³-hybridized carbons (Fsp3) is 0.909. The third-order valence-corrected chi connectivity index (χ3v) is 2.41. The van der Waals surface area contributed by atoms with Crippen LogP contribution in [0.15, 0.2) is 0 Å². The van der Waals surface area contributed by atoms with Crippen LogP contribution >= 0.6 is 0 Å². The van der Waals surface area contributed by atoms with E-state index in [1.54, 1.807) is 0 Å². The Balaban J connectivity index is 2.47. The molecule has 1 amide bonds. The van der Waals surface area contributed by atoms with Gasteiger partial charge in [0.2, 0.25) is 5.91 Å². The smallest absolute Gasteiger partial charge is 0.239 e. The number of hydrogen-bond acceptors (Lipinski definition) is 2. The topological polar surface area (TPSA) is 32.3 Å². The van der Waals surface area contributed by atoms with Crippen LogP contribution in [0.1, 0.15) is 34.1 Å². The van der Waals surface area contributed by atoms with Crippen LogP contribution in [-0.4, -0.2) is 36.5 Å². The Hall–Kier alpha value is -0.570. The number of nitrogens with zero attached hydrogens (tertiary/aromatic N) is 1. The Morgan fingerprint density at radius 1 is 1.50 bits per heavy atom. The summed E-state index contributed by atoms with van der Waals surface area (Å²) in [5, 5.41) is 3.22. The van der Waals surface area contributed by atoms with E-state index in [-0.39, 0.29) is 17.4 Å². The van der Waals surface area contributed by atoms with Crippen LogP contribution in [0.4, 0.5) is 0 Å². The number of amides is 1. The van der Waals surface area contributed by atoms with E-state index in [4.69, 9.17) is 0 Å². The van der Waals surface area contributed by atoms with Crippen molar-refractivity contribution < 1.29 is 4.79 Å². The van der Waals surface area contributed by atoms with Crippen molar-refractivity contribution in [2.24, 2.45) is 5.41 Å². The highest BCUT2D eigenvalue weighted by Crippen LogP contribution is 2.20. The Kier molecular flexibility index (Phi) is 3.53. The van der Waals surface area contributed by atoms with Crippen molar-refractivity contribution in [2.45, 2.75) is 40.2 Å². The normalized spacial score (nSPS) is 23.3. The van der Waals surface area contributed by atoms with Gasteiger partial charge in [0.25, 0.3) is 0 Å². The zero-order valence-electron chi connectivity index (χ0n) is 9.76. The summed E-state index contributed by atoms with van der Waals surface area (Å²) in [5.41, 5.74) is 0.205. The average Bonchev–Trinajstić information content (AvgIpc) is 2.34. The molecule has 1 unspecified atom stereocenters. The van der Waals surface area contributed by atoms with E-state index in [1.807, 2.05) is 11.8 Å². The van der Waals surface area contributed by atoms with E-state index in [2.05, 4.69) is 26.1 Å². The summed E-state index contributed by atoms with van der Waals surface area (Å²) in [4.78, 5) is 13.8. The van der Waals surface area contributed by atoms with Gasteiger partial charge in [-0.2, -0.15) is 0 Å². The molecule has 1 fully saturated rings. The zero-order valence-corrected chi connectivity index (χ0v) is 9.76. The monoisotopic (exact) mass is 198 g/mol. The minimum atomic E-state index is 0.0716. The molecule has 0 spiro atoms. The van der Waals surface area contributed by atoms with E-state index in [0.29, 0.717) is 0 Å². The molecular weight excluding hydrogens is 176 g/mol. The van der Waals surface area contributed by atoms with Crippen molar-refractivity contribution in [1.29, 1.82) is 0 Å². The van der Waals surface area contributed by atoms with Gasteiger partial charge in [-0.15, -0.1) is 0 Å². The molecule has 14 heavy (non-hydrogen) atoms. The van der Waals surface area contributed by atoms with Crippen LogP contribution in [-0.2, 0) is 4.79 Å². The first kappa shape index (κ1) is 11.5. The van der Waals surface area contributed by atoms with Gasteiger partial charge in [-0.25, -0.2) is 0 Å². The predicted octanol–water partition coefficient (Wildman–Crippen LogP) is 1.24. The molecule has 1 heterocycles. The third kappa shape index (κ3) is 2.98. The van der Waals surface area contributed by atoms with Gasteiger partial charge in [0, 0.05) is 13.1 Å². The van der Waals surface area contributed by atoms with Crippen LogP contribution in [0.5, 0.6) is 0 Å². The second-order valence-corrected chi connectivity index (χ2v) is 5.22. The lowest BCUT2D eigenvalue weighted by Gasteiger charge is -2.26. The molecule has 1 atom stereocenters. The molecule has 0 aromatic rings. The predicted molar refractivity (Wildman–Crippen MR) is 58.1 cm³/mol. The molecule has 0 bridgehead atoms. The molecule has 1 N–H and O–H groups in total. The number of carbonyl (C=O) groups excluding carboxylic acids is 1. The first-order valence-electron chi connectivity index (χ1n) is 5.46. The molecule has 3 nitrogen and oxygen atoms in total. The van der Waals surface area contributed by atoms with E-state index in [9.17, 15) is 4.79 Å². The van der Waals surface area contributed by atoms with Crippen molar-refractivity contribution in [2.75, 3.05) is 19.6 Å². The van der Waals surface area contributed by atoms with Gasteiger partial charge in [-0.1, -0.05) is 27.7 Å². The Morgan fingerprint density at radius 3 is 2.64 bits per heavy atom. The lowest BCUT2D eigenvalue weighted by molar-refractivity contribution is -0.130. The van der Waals surface area contributed by atoms with Gasteiger partial charge in [0.15, 0.2) is 0 Å². The van der Waals surface area contributed by atoms with Crippen LogP contribution < -0.4 is 5.32 Å². The first-order chi connectivity index (χ1) is 6.44.